The summed E-state index contributed by atoms with van der Waals surface area (Å²) >= 11 is 0. The molecule has 7 unspecified atom stereocenters. The molecule has 3 aromatic rings. The maximum Gasteiger partial charge on any atom is 0.0584 e. The first-order valence-corrected chi connectivity index (χ1v) is 22.5. The lowest BCUT2D eigenvalue weighted by Crippen LogP contribution is -2.41. The molecule has 292 valence electrons. The fourth-order valence-corrected chi connectivity index (χ4v) is 12.6. The summed E-state index contributed by atoms with van der Waals surface area (Å²) in [6, 6.07) is 26.8. The molecule has 59 heavy (non-hydrogen) atoms. The van der Waals surface area contributed by atoms with Gasteiger partial charge in [0.15, 0.2) is 0 Å². The molecule has 7 aliphatic carbocycles. The highest BCUT2D eigenvalue weighted by Crippen LogP contribution is 2.58. The van der Waals surface area contributed by atoms with Crippen LogP contribution in [0.5, 0.6) is 0 Å². The van der Waals surface area contributed by atoms with Crippen molar-refractivity contribution in [3.8, 4) is 11.1 Å². The SMILES string of the molecule is CC1(C)C2=CCC(N3C4=C(C=CCC4)C4C=C(c5ccc6c(c5)C5C=CCCC5N6c5cc(C6=CCCC=C6)cc(-c6ccccc6)c5)C=CC43)C=C2C2C=CC=CC21. The zero-order chi connectivity index (χ0) is 39.2. The minimum absolute atomic E-state index is 0.177. The Morgan fingerprint density at radius 3 is 2.42 bits per heavy atom. The highest BCUT2D eigenvalue weighted by Gasteiger charge is 2.50. The van der Waals surface area contributed by atoms with Gasteiger partial charge < -0.3 is 9.80 Å². The van der Waals surface area contributed by atoms with Crippen molar-refractivity contribution >= 4 is 22.5 Å². The van der Waals surface area contributed by atoms with E-state index in [-0.39, 0.29) is 5.41 Å². The van der Waals surface area contributed by atoms with E-state index < -0.39 is 0 Å². The lowest BCUT2D eigenvalue weighted by Gasteiger charge is -2.39. The summed E-state index contributed by atoms with van der Waals surface area (Å²) in [7, 11) is 0. The topological polar surface area (TPSA) is 6.48 Å². The molecule has 0 spiro atoms. The third-order valence-electron chi connectivity index (χ3n) is 15.3. The van der Waals surface area contributed by atoms with Gasteiger partial charge >= 0.3 is 0 Å². The number of benzene rings is 3. The van der Waals surface area contributed by atoms with E-state index in [2.05, 4.69) is 188 Å². The first kappa shape index (κ1) is 35.4. The molecular weight excluding hydrogens is 713 g/mol. The second-order valence-electron chi connectivity index (χ2n) is 18.8. The van der Waals surface area contributed by atoms with Crippen molar-refractivity contribution < 1.29 is 0 Å². The fraction of sp³-hybridized carbons (Fsp3) is 0.298. The van der Waals surface area contributed by atoms with E-state index in [0.29, 0.717) is 41.8 Å². The molecule has 9 aliphatic rings. The second-order valence-corrected chi connectivity index (χ2v) is 18.8. The maximum absolute atomic E-state index is 2.84. The van der Waals surface area contributed by atoms with Crippen molar-refractivity contribution in [3.63, 3.8) is 0 Å². The highest BCUT2D eigenvalue weighted by molar-refractivity contribution is 5.86. The van der Waals surface area contributed by atoms with E-state index in [1.807, 2.05) is 0 Å². The molecule has 3 aromatic carbocycles. The molecule has 0 aromatic heterocycles. The molecule has 2 heterocycles. The van der Waals surface area contributed by atoms with Crippen LogP contribution in [0.3, 0.4) is 0 Å². The van der Waals surface area contributed by atoms with E-state index in [1.165, 1.54) is 50.3 Å². The number of hydrogen-bond acceptors (Lipinski definition) is 2. The number of fused-ring (bicyclic) bond motifs is 8. The third-order valence-corrected chi connectivity index (χ3v) is 15.3. The first-order chi connectivity index (χ1) is 29.0. The number of allylic oxidation sites excluding steroid dienone is 16. The van der Waals surface area contributed by atoms with Gasteiger partial charge in [0.1, 0.15) is 0 Å². The Kier molecular flexibility index (Phi) is 8.23. The summed E-state index contributed by atoms with van der Waals surface area (Å²) in [6.07, 6.45) is 47.2. The van der Waals surface area contributed by atoms with Crippen LogP contribution in [0.4, 0.5) is 11.4 Å². The van der Waals surface area contributed by atoms with Crippen molar-refractivity contribution in [1.82, 2.24) is 4.90 Å². The molecule has 0 saturated heterocycles. The van der Waals surface area contributed by atoms with Gasteiger partial charge in [-0.15, -0.1) is 0 Å². The molecular formula is C57H54N2. The van der Waals surface area contributed by atoms with Crippen LogP contribution in [0.1, 0.15) is 81.4 Å². The predicted molar refractivity (Wildman–Crippen MR) is 247 cm³/mol. The molecule has 2 aliphatic heterocycles. The summed E-state index contributed by atoms with van der Waals surface area (Å²) < 4.78 is 0. The number of rotatable bonds is 5. The number of anilines is 2. The van der Waals surface area contributed by atoms with Gasteiger partial charge in [-0.25, -0.2) is 0 Å². The summed E-state index contributed by atoms with van der Waals surface area (Å²) in [5, 5.41) is 0. The van der Waals surface area contributed by atoms with Crippen LogP contribution in [-0.4, -0.2) is 23.0 Å². The minimum atomic E-state index is 0.177. The number of nitrogens with zero attached hydrogens (tertiary/aromatic N) is 2. The zero-order valence-electron chi connectivity index (χ0n) is 34.5. The van der Waals surface area contributed by atoms with Crippen molar-refractivity contribution in [2.24, 2.45) is 23.2 Å². The van der Waals surface area contributed by atoms with E-state index in [4.69, 9.17) is 0 Å². The highest BCUT2D eigenvalue weighted by atomic mass is 15.2. The van der Waals surface area contributed by atoms with Gasteiger partial charge in [-0.2, -0.15) is 0 Å². The molecule has 0 amide bonds. The fourth-order valence-electron chi connectivity index (χ4n) is 12.6. The van der Waals surface area contributed by atoms with Crippen molar-refractivity contribution in [2.45, 2.75) is 82.8 Å². The molecule has 7 atom stereocenters. The normalized spacial score (nSPS) is 30.2. The zero-order valence-corrected chi connectivity index (χ0v) is 34.5. The van der Waals surface area contributed by atoms with Crippen LogP contribution in [0.2, 0.25) is 0 Å². The van der Waals surface area contributed by atoms with Gasteiger partial charge in [-0.3, -0.25) is 0 Å². The molecule has 0 bridgehead atoms. The van der Waals surface area contributed by atoms with E-state index in [9.17, 15) is 0 Å². The Bertz CT molecular complexity index is 2610. The van der Waals surface area contributed by atoms with Crippen LogP contribution < -0.4 is 4.90 Å². The second kappa shape index (κ2) is 13.7. The average Bonchev–Trinajstić information content (AvgIpc) is 3.89. The van der Waals surface area contributed by atoms with Gasteiger partial charge in [0.05, 0.1) is 12.1 Å². The van der Waals surface area contributed by atoms with Crippen molar-refractivity contribution in [3.05, 3.63) is 203 Å². The summed E-state index contributed by atoms with van der Waals surface area (Å²) in [4.78, 5) is 5.53. The lowest BCUT2D eigenvalue weighted by molar-refractivity contribution is 0.242. The monoisotopic (exact) mass is 766 g/mol. The standard InChI is InChI=1S/C57H54N2/c1-57(2)51-22-12-9-19-45(51)48-36-43(27-28-52(48)57)58-53-23-13-10-20-46(53)49-34-39(25-29-55(49)58)40-26-30-56-50(35-40)47-21-11-14-24-54(47)59(56)44-32-41(37-15-5-3-6-16-37)31-42(33-44)38-17-7-4-8-18-38/h3,5-7,9-12,15-22,25-26,28-36,43,45,47,49,51,54-55H,4,8,13-14,23-24,27H2,1-2H3. The molecule has 2 heteroatoms. The van der Waals surface area contributed by atoms with E-state index in [0.717, 1.165) is 44.9 Å². The Labute approximate surface area is 351 Å². The predicted octanol–water partition coefficient (Wildman–Crippen LogP) is 13.9. The third kappa shape index (κ3) is 5.58. The summed E-state index contributed by atoms with van der Waals surface area (Å²) in [5.41, 5.74) is 18.5. The maximum atomic E-state index is 2.84. The van der Waals surface area contributed by atoms with Crippen LogP contribution in [0, 0.1) is 23.2 Å². The average molecular weight is 767 g/mol. The van der Waals surface area contributed by atoms with Gasteiger partial charge in [0.2, 0.25) is 0 Å². The van der Waals surface area contributed by atoms with Gasteiger partial charge in [0.25, 0.3) is 0 Å². The van der Waals surface area contributed by atoms with Crippen LogP contribution >= 0.6 is 0 Å². The Morgan fingerprint density at radius 1 is 0.644 bits per heavy atom. The van der Waals surface area contributed by atoms with Gasteiger partial charge in [-0.05, 0) is 142 Å². The van der Waals surface area contributed by atoms with E-state index in [1.54, 1.807) is 22.4 Å². The van der Waals surface area contributed by atoms with E-state index >= 15 is 0 Å². The van der Waals surface area contributed by atoms with Crippen LogP contribution in [0.15, 0.2) is 186 Å². The van der Waals surface area contributed by atoms with Gasteiger partial charge in [0, 0.05) is 40.9 Å². The largest absolute Gasteiger partial charge is 0.360 e. The molecule has 1 fully saturated rings. The molecule has 1 saturated carbocycles. The first-order valence-electron chi connectivity index (χ1n) is 22.5. The lowest BCUT2D eigenvalue weighted by atomic mass is 9.75. The quantitative estimate of drug-likeness (QED) is 0.239. The van der Waals surface area contributed by atoms with Crippen molar-refractivity contribution in [1.29, 1.82) is 0 Å². The van der Waals surface area contributed by atoms with Crippen molar-refractivity contribution in [2.75, 3.05) is 4.90 Å². The Hall–Kier alpha value is -5.60. The molecule has 2 nitrogen and oxygen atoms in total. The molecule has 0 N–H and O–H groups in total. The molecule has 12 rings (SSSR count). The van der Waals surface area contributed by atoms with Gasteiger partial charge in [-0.1, -0.05) is 147 Å². The Balaban J connectivity index is 0.895. The smallest absolute Gasteiger partial charge is 0.0584 e. The minimum Gasteiger partial charge on any atom is -0.360 e. The van der Waals surface area contributed by atoms with Crippen LogP contribution in [-0.2, 0) is 0 Å². The summed E-state index contributed by atoms with van der Waals surface area (Å²) in [6.45, 7) is 4.93. The Morgan fingerprint density at radius 2 is 1.53 bits per heavy atom. The number of hydrogen-bond donors (Lipinski definition) is 0. The summed E-state index contributed by atoms with van der Waals surface area (Å²) in [5.74, 6) is 1.78. The van der Waals surface area contributed by atoms with Crippen LogP contribution in [0.25, 0.3) is 22.3 Å². The molecule has 0 radical (unpaired) electrons.